The molecule has 0 radical (unpaired) electrons. The SMILES string of the molecule is CCC1CCCCC1NC(C)(C)C(C)(C)O. The van der Waals surface area contributed by atoms with Crippen molar-refractivity contribution in [2.24, 2.45) is 5.92 Å². The molecule has 1 rings (SSSR count). The molecule has 2 N–H and O–H groups in total. The van der Waals surface area contributed by atoms with Crippen molar-refractivity contribution in [3.63, 3.8) is 0 Å². The smallest absolute Gasteiger partial charge is 0.0767 e. The Labute approximate surface area is 101 Å². The molecule has 0 aliphatic heterocycles. The summed E-state index contributed by atoms with van der Waals surface area (Å²) in [6.45, 7) is 10.3. The van der Waals surface area contributed by atoms with Crippen LogP contribution in [0.25, 0.3) is 0 Å². The third-order valence-corrected chi connectivity index (χ3v) is 4.51. The van der Waals surface area contributed by atoms with Gasteiger partial charge >= 0.3 is 0 Å². The van der Waals surface area contributed by atoms with Crippen LogP contribution in [0.4, 0.5) is 0 Å². The second-order valence-corrected chi connectivity index (χ2v) is 6.39. The zero-order valence-electron chi connectivity index (χ0n) is 11.6. The molecule has 2 atom stereocenters. The largest absolute Gasteiger partial charge is 0.389 e. The maximum absolute atomic E-state index is 10.2. The zero-order valence-corrected chi connectivity index (χ0v) is 11.6. The van der Waals surface area contributed by atoms with Crippen molar-refractivity contribution in [2.45, 2.75) is 83.9 Å². The normalized spacial score (nSPS) is 28.1. The summed E-state index contributed by atoms with van der Waals surface area (Å²) in [4.78, 5) is 0. The fourth-order valence-electron chi connectivity index (χ4n) is 2.53. The van der Waals surface area contributed by atoms with E-state index in [9.17, 15) is 5.11 Å². The van der Waals surface area contributed by atoms with Gasteiger partial charge in [0.25, 0.3) is 0 Å². The van der Waals surface area contributed by atoms with Crippen LogP contribution >= 0.6 is 0 Å². The van der Waals surface area contributed by atoms with Crippen molar-refractivity contribution in [1.82, 2.24) is 5.32 Å². The summed E-state index contributed by atoms with van der Waals surface area (Å²) in [5, 5.41) is 13.9. The van der Waals surface area contributed by atoms with E-state index in [2.05, 4.69) is 26.1 Å². The summed E-state index contributed by atoms with van der Waals surface area (Å²) in [7, 11) is 0. The Bertz CT molecular complexity index is 217. The van der Waals surface area contributed by atoms with Crippen LogP contribution in [-0.4, -0.2) is 22.3 Å². The molecular formula is C14H29NO. The Kier molecular flexibility index (Phi) is 4.42. The lowest BCUT2D eigenvalue weighted by Gasteiger charge is -2.44. The van der Waals surface area contributed by atoms with Gasteiger partial charge in [0.05, 0.1) is 5.60 Å². The maximum atomic E-state index is 10.2. The van der Waals surface area contributed by atoms with Gasteiger partial charge in [0, 0.05) is 11.6 Å². The number of aliphatic hydroxyl groups is 1. The van der Waals surface area contributed by atoms with Gasteiger partial charge in [-0.1, -0.05) is 26.2 Å². The topological polar surface area (TPSA) is 32.3 Å². The highest BCUT2D eigenvalue weighted by Gasteiger charge is 2.38. The van der Waals surface area contributed by atoms with Crippen molar-refractivity contribution in [2.75, 3.05) is 0 Å². The lowest BCUT2D eigenvalue weighted by Crippen LogP contribution is -2.60. The molecule has 0 aromatic rings. The molecule has 2 unspecified atom stereocenters. The number of hydrogen-bond acceptors (Lipinski definition) is 2. The second-order valence-electron chi connectivity index (χ2n) is 6.39. The molecule has 0 bridgehead atoms. The lowest BCUT2D eigenvalue weighted by atomic mass is 9.79. The first-order chi connectivity index (χ1) is 7.28. The Morgan fingerprint density at radius 2 is 1.69 bits per heavy atom. The van der Waals surface area contributed by atoms with Gasteiger partial charge in [0.1, 0.15) is 0 Å². The quantitative estimate of drug-likeness (QED) is 0.773. The van der Waals surface area contributed by atoms with E-state index < -0.39 is 5.60 Å². The molecule has 96 valence electrons. The van der Waals surface area contributed by atoms with Crippen molar-refractivity contribution in [3.8, 4) is 0 Å². The molecule has 0 amide bonds. The highest BCUT2D eigenvalue weighted by molar-refractivity contribution is 4.97. The van der Waals surface area contributed by atoms with E-state index in [-0.39, 0.29) is 5.54 Å². The first-order valence-electron chi connectivity index (χ1n) is 6.78. The second kappa shape index (κ2) is 5.05. The number of nitrogens with one attached hydrogen (secondary N) is 1. The summed E-state index contributed by atoms with van der Waals surface area (Å²) in [5.41, 5.74) is -0.898. The van der Waals surface area contributed by atoms with Crippen molar-refractivity contribution >= 4 is 0 Å². The monoisotopic (exact) mass is 227 g/mol. The van der Waals surface area contributed by atoms with Crippen LogP contribution in [0.2, 0.25) is 0 Å². The van der Waals surface area contributed by atoms with Crippen LogP contribution < -0.4 is 5.32 Å². The fraction of sp³-hybridized carbons (Fsp3) is 1.00. The van der Waals surface area contributed by atoms with Crippen molar-refractivity contribution in [3.05, 3.63) is 0 Å². The fourth-order valence-corrected chi connectivity index (χ4v) is 2.53. The summed E-state index contributed by atoms with van der Waals surface area (Å²) < 4.78 is 0. The molecule has 16 heavy (non-hydrogen) atoms. The average molecular weight is 227 g/mol. The van der Waals surface area contributed by atoms with E-state index in [1.54, 1.807) is 0 Å². The third kappa shape index (κ3) is 3.21. The Morgan fingerprint density at radius 1 is 1.12 bits per heavy atom. The van der Waals surface area contributed by atoms with E-state index in [4.69, 9.17) is 0 Å². The Balaban J connectivity index is 2.64. The first kappa shape index (κ1) is 14.0. The summed E-state index contributed by atoms with van der Waals surface area (Å²) in [6, 6.07) is 0.583. The van der Waals surface area contributed by atoms with E-state index in [1.165, 1.54) is 32.1 Å². The summed E-state index contributed by atoms with van der Waals surface area (Å²) >= 11 is 0. The third-order valence-electron chi connectivity index (χ3n) is 4.51. The Hall–Kier alpha value is -0.0800. The van der Waals surface area contributed by atoms with E-state index in [0.29, 0.717) is 6.04 Å². The van der Waals surface area contributed by atoms with E-state index in [1.807, 2.05) is 13.8 Å². The van der Waals surface area contributed by atoms with Gasteiger partial charge in [-0.2, -0.15) is 0 Å². The minimum Gasteiger partial charge on any atom is -0.389 e. The molecule has 0 heterocycles. The summed E-state index contributed by atoms with van der Waals surface area (Å²) in [5.74, 6) is 0.787. The van der Waals surface area contributed by atoms with Crippen LogP contribution in [0.3, 0.4) is 0 Å². The van der Waals surface area contributed by atoms with Crippen LogP contribution in [0, 0.1) is 5.92 Å². The van der Waals surface area contributed by atoms with Crippen LogP contribution in [0.1, 0.15) is 66.7 Å². The summed E-state index contributed by atoms with van der Waals surface area (Å²) in [6.07, 6.45) is 6.56. The standard InChI is InChI=1S/C14H29NO/c1-6-11-9-7-8-10-12(11)15-13(2,3)14(4,5)16/h11-12,15-16H,6-10H2,1-5H3. The number of hydrogen-bond donors (Lipinski definition) is 2. The minimum atomic E-state index is -0.678. The molecule has 2 heteroatoms. The molecule has 0 spiro atoms. The van der Waals surface area contributed by atoms with Crippen molar-refractivity contribution in [1.29, 1.82) is 0 Å². The molecular weight excluding hydrogens is 198 g/mol. The molecule has 2 nitrogen and oxygen atoms in total. The highest BCUT2D eigenvalue weighted by Crippen LogP contribution is 2.30. The van der Waals surface area contributed by atoms with Gasteiger partial charge in [0.2, 0.25) is 0 Å². The Morgan fingerprint density at radius 3 is 2.19 bits per heavy atom. The molecule has 1 aliphatic rings. The van der Waals surface area contributed by atoms with Gasteiger partial charge in [-0.25, -0.2) is 0 Å². The zero-order chi connectivity index (χ0) is 12.4. The van der Waals surface area contributed by atoms with Crippen LogP contribution in [-0.2, 0) is 0 Å². The minimum absolute atomic E-state index is 0.220. The maximum Gasteiger partial charge on any atom is 0.0767 e. The molecule has 1 aliphatic carbocycles. The van der Waals surface area contributed by atoms with Crippen LogP contribution in [0.15, 0.2) is 0 Å². The van der Waals surface area contributed by atoms with Gasteiger partial charge < -0.3 is 10.4 Å². The average Bonchev–Trinajstić information content (AvgIpc) is 2.16. The van der Waals surface area contributed by atoms with Gasteiger partial charge in [-0.05, 0) is 46.5 Å². The predicted molar refractivity (Wildman–Crippen MR) is 69.5 cm³/mol. The highest BCUT2D eigenvalue weighted by atomic mass is 16.3. The molecule has 0 saturated heterocycles. The predicted octanol–water partition coefficient (Wildman–Crippen LogP) is 3.09. The lowest BCUT2D eigenvalue weighted by molar-refractivity contribution is -0.0166. The van der Waals surface area contributed by atoms with E-state index >= 15 is 0 Å². The van der Waals surface area contributed by atoms with Crippen LogP contribution in [0.5, 0.6) is 0 Å². The first-order valence-corrected chi connectivity index (χ1v) is 6.78. The molecule has 0 aromatic heterocycles. The molecule has 1 saturated carbocycles. The number of rotatable bonds is 4. The molecule has 0 aromatic carbocycles. The van der Waals surface area contributed by atoms with Gasteiger partial charge in [0.15, 0.2) is 0 Å². The molecule has 1 fully saturated rings. The van der Waals surface area contributed by atoms with E-state index in [0.717, 1.165) is 5.92 Å². The van der Waals surface area contributed by atoms with Crippen molar-refractivity contribution < 1.29 is 5.11 Å². The van der Waals surface area contributed by atoms with Gasteiger partial charge in [-0.3, -0.25) is 0 Å². The van der Waals surface area contributed by atoms with Gasteiger partial charge in [-0.15, -0.1) is 0 Å².